The van der Waals surface area contributed by atoms with E-state index in [1.54, 1.807) is 12.1 Å². The normalized spacial score (nSPS) is 11.9. The molecule has 0 aliphatic rings. The average molecular weight is 148 g/mol. The minimum atomic E-state index is -4.69. The number of halogens is 3. The van der Waals surface area contributed by atoms with E-state index in [0.717, 1.165) is 4.57 Å². The summed E-state index contributed by atoms with van der Waals surface area (Å²) in [6, 6.07) is 3.14. The van der Waals surface area contributed by atoms with Crippen LogP contribution in [0.5, 0.6) is 0 Å². The van der Waals surface area contributed by atoms with E-state index in [2.05, 4.69) is 0 Å². The van der Waals surface area contributed by atoms with Gasteiger partial charge >= 0.3 is 6.98 Å². The fourth-order valence-corrected chi connectivity index (χ4v) is 0.731. The van der Waals surface area contributed by atoms with Gasteiger partial charge in [0.15, 0.2) is 0 Å². The third-order valence-corrected chi connectivity index (χ3v) is 1.08. The Morgan fingerprint density at radius 2 is 1.60 bits per heavy atom. The minimum Gasteiger partial charge on any atom is -0.448 e. The highest BCUT2D eigenvalue weighted by Crippen LogP contribution is 2.10. The first-order chi connectivity index (χ1) is 4.58. The van der Waals surface area contributed by atoms with Crippen molar-refractivity contribution < 1.29 is 12.9 Å². The molecule has 1 aromatic heterocycles. The molecule has 0 aliphatic carbocycles. The molecule has 0 amide bonds. The summed E-state index contributed by atoms with van der Waals surface area (Å²) in [5.74, 6) is 0. The molecule has 0 saturated heterocycles. The highest BCUT2D eigenvalue weighted by Gasteiger charge is 2.22. The SMILES string of the molecule is F[B-](F)(F)Cn1cccc1. The second-order valence-electron chi connectivity index (χ2n) is 2.09. The lowest BCUT2D eigenvalue weighted by Gasteiger charge is -2.13. The van der Waals surface area contributed by atoms with E-state index in [4.69, 9.17) is 0 Å². The lowest BCUT2D eigenvalue weighted by molar-refractivity contribution is 0.446. The number of hydrogen-bond acceptors (Lipinski definition) is 0. The van der Waals surface area contributed by atoms with Gasteiger partial charge in [0, 0.05) is 12.4 Å². The van der Waals surface area contributed by atoms with Crippen LogP contribution in [0.15, 0.2) is 24.5 Å². The molecule has 0 N–H and O–H groups in total. The first-order valence-electron chi connectivity index (χ1n) is 2.90. The van der Waals surface area contributed by atoms with Crippen LogP contribution in [0.2, 0.25) is 0 Å². The van der Waals surface area contributed by atoms with Crippen LogP contribution in [0.3, 0.4) is 0 Å². The van der Waals surface area contributed by atoms with Crippen molar-refractivity contribution in [1.82, 2.24) is 4.57 Å². The Labute approximate surface area is 56.5 Å². The minimum absolute atomic E-state index is 0.840. The molecule has 0 saturated carbocycles. The van der Waals surface area contributed by atoms with Crippen molar-refractivity contribution in [3.05, 3.63) is 24.5 Å². The van der Waals surface area contributed by atoms with Gasteiger partial charge in [0.25, 0.3) is 0 Å². The van der Waals surface area contributed by atoms with Gasteiger partial charge < -0.3 is 17.5 Å². The first kappa shape index (κ1) is 7.24. The number of rotatable bonds is 2. The standard InChI is InChI=1S/C5H6BF3N/c7-6(8,9)5-10-3-1-2-4-10/h1-4H,5H2/q-1. The topological polar surface area (TPSA) is 4.93 Å². The summed E-state index contributed by atoms with van der Waals surface area (Å²) in [6.45, 7) is -4.69. The van der Waals surface area contributed by atoms with E-state index in [1.165, 1.54) is 12.4 Å². The number of hydrogen-bond donors (Lipinski definition) is 0. The van der Waals surface area contributed by atoms with E-state index >= 15 is 0 Å². The molecule has 1 rings (SSSR count). The molecule has 0 aliphatic heterocycles. The predicted octanol–water partition coefficient (Wildman–Crippen LogP) is 1.87. The molecule has 5 heteroatoms. The lowest BCUT2D eigenvalue weighted by atomic mass is 9.92. The predicted molar refractivity (Wildman–Crippen MR) is 33.5 cm³/mol. The fourth-order valence-electron chi connectivity index (χ4n) is 0.731. The second-order valence-corrected chi connectivity index (χ2v) is 2.09. The molecule has 10 heavy (non-hydrogen) atoms. The summed E-state index contributed by atoms with van der Waals surface area (Å²) in [5, 5.41) is 0. The Bertz CT molecular complexity index is 191. The molecule has 0 radical (unpaired) electrons. The maximum atomic E-state index is 11.7. The Morgan fingerprint density at radius 3 is 2.00 bits per heavy atom. The second kappa shape index (κ2) is 2.40. The van der Waals surface area contributed by atoms with Gasteiger partial charge in [0.05, 0.1) is 0 Å². The van der Waals surface area contributed by atoms with Crippen LogP contribution < -0.4 is 0 Å². The number of aromatic nitrogens is 1. The van der Waals surface area contributed by atoms with Crippen molar-refractivity contribution >= 4 is 6.98 Å². The zero-order valence-electron chi connectivity index (χ0n) is 5.17. The van der Waals surface area contributed by atoms with Crippen LogP contribution in [0, 0.1) is 0 Å². The summed E-state index contributed by atoms with van der Waals surface area (Å²) in [4.78, 5) is 0. The molecule has 1 aromatic rings. The Kier molecular flexibility index (Phi) is 1.74. The van der Waals surface area contributed by atoms with Crippen LogP contribution >= 0.6 is 0 Å². The summed E-state index contributed by atoms with van der Waals surface area (Å²) in [5.41, 5.74) is 0. The van der Waals surface area contributed by atoms with Crippen molar-refractivity contribution in [1.29, 1.82) is 0 Å². The highest BCUT2D eigenvalue weighted by molar-refractivity contribution is 6.57. The van der Waals surface area contributed by atoms with Gasteiger partial charge in [-0.3, -0.25) is 0 Å². The number of nitrogens with zero attached hydrogens (tertiary/aromatic N) is 1. The van der Waals surface area contributed by atoms with Gasteiger partial charge in [-0.25, -0.2) is 0 Å². The Hall–Kier alpha value is -0.865. The fraction of sp³-hybridized carbons (Fsp3) is 0.200. The zero-order chi connectivity index (χ0) is 7.61. The lowest BCUT2D eigenvalue weighted by Crippen LogP contribution is -2.23. The maximum absolute atomic E-state index is 11.7. The molecule has 1 heterocycles. The van der Waals surface area contributed by atoms with Crippen molar-refractivity contribution in [2.24, 2.45) is 0 Å². The van der Waals surface area contributed by atoms with E-state index in [1.807, 2.05) is 0 Å². The highest BCUT2D eigenvalue weighted by atomic mass is 19.4. The molecule has 56 valence electrons. The molecule has 0 bridgehead atoms. The summed E-state index contributed by atoms with van der Waals surface area (Å²) < 4.78 is 36.1. The Morgan fingerprint density at radius 1 is 1.10 bits per heavy atom. The zero-order valence-corrected chi connectivity index (χ0v) is 5.17. The first-order valence-corrected chi connectivity index (χ1v) is 2.90. The molecule has 0 unspecified atom stereocenters. The molecule has 0 aromatic carbocycles. The van der Waals surface area contributed by atoms with Crippen LogP contribution in [0.25, 0.3) is 0 Å². The molecular weight excluding hydrogens is 142 g/mol. The molecule has 0 spiro atoms. The molecular formula is C5H6BF3N-. The van der Waals surface area contributed by atoms with Gasteiger partial charge in [0.2, 0.25) is 0 Å². The van der Waals surface area contributed by atoms with Crippen molar-refractivity contribution in [2.45, 2.75) is 6.44 Å². The summed E-state index contributed by atoms with van der Waals surface area (Å²) in [7, 11) is 0. The monoisotopic (exact) mass is 148 g/mol. The van der Waals surface area contributed by atoms with Gasteiger partial charge in [-0.15, -0.1) is 0 Å². The molecule has 0 atom stereocenters. The van der Waals surface area contributed by atoms with Gasteiger partial charge in [0.1, 0.15) is 0 Å². The summed E-state index contributed by atoms with van der Waals surface area (Å²) >= 11 is 0. The van der Waals surface area contributed by atoms with Crippen LogP contribution in [0.1, 0.15) is 0 Å². The van der Waals surface area contributed by atoms with Gasteiger partial charge in [-0.2, -0.15) is 0 Å². The van der Waals surface area contributed by atoms with Crippen molar-refractivity contribution in [3.63, 3.8) is 0 Å². The summed E-state index contributed by atoms with van der Waals surface area (Å²) in [6.07, 6.45) is 1.96. The molecule has 1 nitrogen and oxygen atoms in total. The van der Waals surface area contributed by atoms with Gasteiger partial charge in [-0.05, 0) is 18.6 Å². The van der Waals surface area contributed by atoms with Gasteiger partial charge in [-0.1, -0.05) is 0 Å². The Balaban J connectivity index is 2.57. The van der Waals surface area contributed by atoms with Crippen molar-refractivity contribution in [3.8, 4) is 0 Å². The third-order valence-electron chi connectivity index (χ3n) is 1.08. The van der Waals surface area contributed by atoms with Crippen LogP contribution in [0.4, 0.5) is 12.9 Å². The third kappa shape index (κ3) is 2.17. The maximum Gasteiger partial charge on any atom is 0.497 e. The van der Waals surface area contributed by atoms with E-state index < -0.39 is 13.4 Å². The van der Waals surface area contributed by atoms with E-state index in [-0.39, 0.29) is 0 Å². The van der Waals surface area contributed by atoms with E-state index in [0.29, 0.717) is 0 Å². The largest absolute Gasteiger partial charge is 0.497 e. The van der Waals surface area contributed by atoms with Crippen LogP contribution in [-0.4, -0.2) is 11.5 Å². The molecule has 0 fully saturated rings. The van der Waals surface area contributed by atoms with Crippen molar-refractivity contribution in [2.75, 3.05) is 0 Å². The smallest absolute Gasteiger partial charge is 0.448 e. The van der Waals surface area contributed by atoms with E-state index in [9.17, 15) is 12.9 Å². The quantitative estimate of drug-likeness (QED) is 0.564. The average Bonchev–Trinajstić information content (AvgIpc) is 2.12. The van der Waals surface area contributed by atoms with Crippen LogP contribution in [-0.2, 0) is 6.44 Å².